The SMILES string of the molecule is CC(C)N1CC(=O)NCCCCCOc2ccc(CCC(=O)N3CCCN(C)CC3)cc2C1. The number of likely N-dealkylation sites (N-methyl/N-ethyl adjacent to an activating group) is 1. The topological polar surface area (TPSA) is 65.1 Å². The maximum atomic E-state index is 12.8. The number of amides is 2. The van der Waals surface area contributed by atoms with Crippen molar-refractivity contribution in [2.45, 2.75) is 65.0 Å². The van der Waals surface area contributed by atoms with Crippen LogP contribution in [0.4, 0.5) is 0 Å². The van der Waals surface area contributed by atoms with Crippen molar-refractivity contribution in [3.05, 3.63) is 29.3 Å². The molecule has 0 unspecified atom stereocenters. The van der Waals surface area contributed by atoms with Crippen molar-refractivity contribution < 1.29 is 14.3 Å². The molecule has 1 aromatic rings. The third-order valence-electron chi connectivity index (χ3n) is 6.68. The van der Waals surface area contributed by atoms with Crippen LogP contribution in [0.5, 0.6) is 5.75 Å². The van der Waals surface area contributed by atoms with E-state index < -0.39 is 0 Å². The lowest BCUT2D eigenvalue weighted by Crippen LogP contribution is -2.40. The Morgan fingerprint density at radius 1 is 1.06 bits per heavy atom. The first kappa shape index (κ1) is 25.5. The Hall–Kier alpha value is -2.12. The van der Waals surface area contributed by atoms with Crippen LogP contribution < -0.4 is 10.1 Å². The number of aryl methyl sites for hydroxylation is 1. The van der Waals surface area contributed by atoms with Crippen LogP contribution in [0.15, 0.2) is 18.2 Å². The standard InChI is InChI=1S/C26H42N4O3/c1-21(2)30-19-23-18-22(9-11-26(32)29-14-7-13-28(3)15-16-29)8-10-24(23)33-17-6-4-5-12-27-25(31)20-30/h8,10,18,21H,4-7,9,11-17,19-20H2,1-3H3,(H,27,31). The summed E-state index contributed by atoms with van der Waals surface area (Å²) >= 11 is 0. The maximum absolute atomic E-state index is 12.8. The lowest BCUT2D eigenvalue weighted by Gasteiger charge is -2.27. The summed E-state index contributed by atoms with van der Waals surface area (Å²) in [5.41, 5.74) is 2.24. The van der Waals surface area contributed by atoms with Crippen molar-refractivity contribution in [2.75, 3.05) is 52.9 Å². The molecule has 3 rings (SSSR count). The smallest absolute Gasteiger partial charge is 0.234 e. The normalized spacial score (nSPS) is 20.0. The van der Waals surface area contributed by atoms with E-state index in [1.165, 1.54) is 0 Å². The van der Waals surface area contributed by atoms with Gasteiger partial charge in [0, 0.05) is 50.7 Å². The summed E-state index contributed by atoms with van der Waals surface area (Å²) in [5, 5.41) is 3.05. The van der Waals surface area contributed by atoms with E-state index in [1.807, 2.05) is 11.0 Å². The number of carbonyl (C=O) groups excluding carboxylic acids is 2. The largest absolute Gasteiger partial charge is 0.493 e. The predicted molar refractivity (Wildman–Crippen MR) is 131 cm³/mol. The van der Waals surface area contributed by atoms with Gasteiger partial charge in [-0.05, 0) is 71.2 Å². The van der Waals surface area contributed by atoms with Crippen LogP contribution in [-0.4, -0.2) is 85.5 Å². The molecule has 184 valence electrons. The van der Waals surface area contributed by atoms with E-state index in [0.717, 1.165) is 81.7 Å². The van der Waals surface area contributed by atoms with E-state index in [-0.39, 0.29) is 17.9 Å². The molecule has 2 amide bonds. The molecule has 7 nitrogen and oxygen atoms in total. The van der Waals surface area contributed by atoms with Gasteiger partial charge in [0.2, 0.25) is 11.8 Å². The highest BCUT2D eigenvalue weighted by atomic mass is 16.5. The van der Waals surface area contributed by atoms with Gasteiger partial charge in [-0.3, -0.25) is 14.5 Å². The summed E-state index contributed by atoms with van der Waals surface area (Å²) in [6, 6.07) is 6.55. The number of fused-ring (bicyclic) bond motifs is 1. The number of nitrogens with one attached hydrogen (secondary N) is 1. The third-order valence-corrected chi connectivity index (χ3v) is 6.68. The molecule has 0 aliphatic carbocycles. The monoisotopic (exact) mass is 458 g/mol. The summed E-state index contributed by atoms with van der Waals surface area (Å²) in [7, 11) is 2.12. The minimum absolute atomic E-state index is 0.0789. The molecular weight excluding hydrogens is 416 g/mol. The Balaban J connectivity index is 1.69. The Bertz CT molecular complexity index is 783. The van der Waals surface area contributed by atoms with Gasteiger partial charge in [-0.15, -0.1) is 0 Å². The van der Waals surface area contributed by atoms with Crippen molar-refractivity contribution in [3.8, 4) is 5.75 Å². The number of rotatable bonds is 4. The van der Waals surface area contributed by atoms with Crippen LogP contribution in [0, 0.1) is 0 Å². The lowest BCUT2D eigenvalue weighted by molar-refractivity contribution is -0.131. The molecule has 0 saturated carbocycles. The molecule has 33 heavy (non-hydrogen) atoms. The molecular formula is C26H42N4O3. The van der Waals surface area contributed by atoms with E-state index >= 15 is 0 Å². The average molecular weight is 459 g/mol. The summed E-state index contributed by atoms with van der Waals surface area (Å²) < 4.78 is 6.14. The highest BCUT2D eigenvalue weighted by molar-refractivity contribution is 5.78. The molecule has 1 saturated heterocycles. The number of carbonyl (C=O) groups is 2. The summed E-state index contributed by atoms with van der Waals surface area (Å²) in [5.74, 6) is 1.22. The molecule has 2 aliphatic heterocycles. The Labute approximate surface area is 199 Å². The number of benzene rings is 1. The molecule has 1 aromatic carbocycles. The minimum atomic E-state index is 0.0789. The Kier molecular flexibility index (Phi) is 10.0. The van der Waals surface area contributed by atoms with Crippen LogP contribution in [0.1, 0.15) is 57.1 Å². The van der Waals surface area contributed by atoms with Gasteiger partial charge >= 0.3 is 0 Å². The summed E-state index contributed by atoms with van der Waals surface area (Å²) in [6.07, 6.45) is 5.28. The lowest BCUT2D eigenvalue weighted by atomic mass is 10.0. The fourth-order valence-electron chi connectivity index (χ4n) is 4.45. The second kappa shape index (κ2) is 12.9. The zero-order chi connectivity index (χ0) is 23.6. The number of hydrogen-bond acceptors (Lipinski definition) is 5. The highest BCUT2D eigenvalue weighted by Crippen LogP contribution is 2.24. The average Bonchev–Trinajstić information content (AvgIpc) is 3.00. The molecule has 2 heterocycles. The molecule has 0 bridgehead atoms. The highest BCUT2D eigenvalue weighted by Gasteiger charge is 2.19. The van der Waals surface area contributed by atoms with Crippen molar-refractivity contribution in [1.29, 1.82) is 0 Å². The first-order valence-electron chi connectivity index (χ1n) is 12.6. The zero-order valence-electron chi connectivity index (χ0n) is 20.8. The quantitative estimate of drug-likeness (QED) is 0.752. The van der Waals surface area contributed by atoms with Gasteiger partial charge in [-0.25, -0.2) is 0 Å². The summed E-state index contributed by atoms with van der Waals surface area (Å²) in [6.45, 7) is 10.3. The third kappa shape index (κ3) is 8.31. The van der Waals surface area contributed by atoms with Crippen molar-refractivity contribution >= 4 is 11.8 Å². The van der Waals surface area contributed by atoms with E-state index in [0.29, 0.717) is 26.1 Å². The van der Waals surface area contributed by atoms with Gasteiger partial charge < -0.3 is 19.9 Å². The molecule has 1 N–H and O–H groups in total. The molecule has 7 heteroatoms. The van der Waals surface area contributed by atoms with Crippen molar-refractivity contribution in [3.63, 3.8) is 0 Å². The van der Waals surface area contributed by atoms with Crippen LogP contribution in [0.25, 0.3) is 0 Å². The summed E-state index contributed by atoms with van der Waals surface area (Å²) in [4.78, 5) is 31.7. The first-order valence-corrected chi connectivity index (χ1v) is 12.6. The molecule has 2 aliphatic rings. The molecule has 0 radical (unpaired) electrons. The van der Waals surface area contributed by atoms with E-state index in [4.69, 9.17) is 4.74 Å². The van der Waals surface area contributed by atoms with Crippen molar-refractivity contribution in [2.24, 2.45) is 0 Å². The van der Waals surface area contributed by atoms with Gasteiger partial charge in [0.25, 0.3) is 0 Å². The van der Waals surface area contributed by atoms with E-state index in [2.05, 4.69) is 48.1 Å². The number of hydrogen-bond donors (Lipinski definition) is 1. The van der Waals surface area contributed by atoms with Crippen LogP contribution in [0.2, 0.25) is 0 Å². The van der Waals surface area contributed by atoms with Crippen molar-refractivity contribution in [1.82, 2.24) is 20.0 Å². The Morgan fingerprint density at radius 2 is 1.91 bits per heavy atom. The van der Waals surface area contributed by atoms with Gasteiger partial charge in [0.1, 0.15) is 5.75 Å². The van der Waals surface area contributed by atoms with Gasteiger partial charge in [0.05, 0.1) is 13.2 Å². The fourth-order valence-corrected chi connectivity index (χ4v) is 4.45. The van der Waals surface area contributed by atoms with Gasteiger partial charge in [-0.2, -0.15) is 0 Å². The molecule has 0 atom stereocenters. The zero-order valence-corrected chi connectivity index (χ0v) is 20.8. The number of nitrogens with zero attached hydrogens (tertiary/aromatic N) is 3. The molecule has 0 spiro atoms. The maximum Gasteiger partial charge on any atom is 0.234 e. The van der Waals surface area contributed by atoms with Crippen LogP contribution in [-0.2, 0) is 22.6 Å². The molecule has 0 aromatic heterocycles. The van der Waals surface area contributed by atoms with Crippen LogP contribution >= 0.6 is 0 Å². The van der Waals surface area contributed by atoms with Gasteiger partial charge in [0.15, 0.2) is 0 Å². The van der Waals surface area contributed by atoms with E-state index in [9.17, 15) is 9.59 Å². The van der Waals surface area contributed by atoms with E-state index in [1.54, 1.807) is 0 Å². The second-order valence-corrected chi connectivity index (χ2v) is 9.74. The Morgan fingerprint density at radius 3 is 2.73 bits per heavy atom. The predicted octanol–water partition coefficient (Wildman–Crippen LogP) is 2.67. The fraction of sp³-hybridized carbons (Fsp3) is 0.692. The van der Waals surface area contributed by atoms with Gasteiger partial charge in [-0.1, -0.05) is 12.1 Å². The first-order chi connectivity index (χ1) is 15.9. The number of ether oxygens (including phenoxy) is 1. The second-order valence-electron chi connectivity index (χ2n) is 9.74. The molecule has 1 fully saturated rings. The minimum Gasteiger partial charge on any atom is -0.493 e. The van der Waals surface area contributed by atoms with Crippen LogP contribution in [0.3, 0.4) is 0 Å².